The quantitative estimate of drug-likeness (QED) is 0.161. The summed E-state index contributed by atoms with van der Waals surface area (Å²) >= 11 is 0. The molecule has 1 saturated carbocycles. The van der Waals surface area contributed by atoms with Crippen molar-refractivity contribution >= 4 is 49.9 Å². The molecule has 0 radical (unpaired) electrons. The van der Waals surface area contributed by atoms with Crippen molar-refractivity contribution in [2.75, 3.05) is 0 Å². The minimum absolute atomic E-state index is 0. The number of imidazole rings is 2. The van der Waals surface area contributed by atoms with E-state index in [2.05, 4.69) is 105 Å². The smallest absolute Gasteiger partial charge is 0.497 e. The van der Waals surface area contributed by atoms with Crippen LogP contribution in [0.5, 0.6) is 11.6 Å². The first-order valence-electron chi connectivity index (χ1n) is 20.3. The van der Waals surface area contributed by atoms with Gasteiger partial charge in [-0.15, -0.1) is 17.7 Å². The van der Waals surface area contributed by atoms with Crippen LogP contribution in [0.3, 0.4) is 0 Å². The molecule has 0 saturated heterocycles. The van der Waals surface area contributed by atoms with Crippen LogP contribution in [0.2, 0.25) is 0 Å². The Balaban J connectivity index is 0.00000408. The number of aromatic nitrogens is 5. The Hall–Kier alpha value is -5.26. The summed E-state index contributed by atoms with van der Waals surface area (Å²) in [5.74, 6) is 3.05. The molecule has 292 valence electrons. The van der Waals surface area contributed by atoms with E-state index in [1.807, 2.05) is 48.5 Å². The van der Waals surface area contributed by atoms with Gasteiger partial charge < -0.3 is 14.1 Å². The molecule has 11 rings (SSSR count). The van der Waals surface area contributed by atoms with E-state index in [0.717, 1.165) is 80.0 Å². The number of pyridine rings is 2. The zero-order chi connectivity index (χ0) is 38.8. The Kier molecular flexibility index (Phi) is 8.55. The average molecular weight is 943 g/mol. The number of hydrogen-bond acceptors (Lipinski definition) is 5. The molecular weight excluding hydrogens is 898 g/mol. The Bertz CT molecular complexity index is 3080. The molecule has 8 heteroatoms. The summed E-state index contributed by atoms with van der Waals surface area (Å²) in [5, 5.41) is 1.98. The zero-order valence-electron chi connectivity index (χ0n) is 33.7. The number of nitrogens with zero attached hydrogens (tertiary/aromatic N) is 5. The van der Waals surface area contributed by atoms with E-state index in [4.69, 9.17) is 24.1 Å². The van der Waals surface area contributed by atoms with Crippen molar-refractivity contribution in [3.63, 3.8) is 0 Å². The van der Waals surface area contributed by atoms with E-state index < -0.39 is 0 Å². The van der Waals surface area contributed by atoms with Crippen LogP contribution in [-0.2, 0) is 33.9 Å². The third-order valence-corrected chi connectivity index (χ3v) is 12.8. The Morgan fingerprint density at radius 3 is 2.40 bits per heavy atom. The van der Waals surface area contributed by atoms with Gasteiger partial charge in [0.1, 0.15) is 5.58 Å². The second-order valence-electron chi connectivity index (χ2n) is 18.4. The van der Waals surface area contributed by atoms with Crippen molar-refractivity contribution in [2.24, 2.45) is 22.7 Å². The van der Waals surface area contributed by atoms with Crippen LogP contribution in [0.1, 0.15) is 69.2 Å². The monoisotopic (exact) mass is 942 g/mol. The minimum Gasteiger partial charge on any atom is -0.497 e. The van der Waals surface area contributed by atoms with Crippen molar-refractivity contribution in [3.8, 4) is 28.6 Å². The molecule has 0 aliphatic heterocycles. The summed E-state index contributed by atoms with van der Waals surface area (Å²) in [6.45, 7) is 14.1. The summed E-state index contributed by atoms with van der Waals surface area (Å²) < 4.78 is 17.5. The van der Waals surface area contributed by atoms with Gasteiger partial charge in [0.2, 0.25) is 11.7 Å². The van der Waals surface area contributed by atoms with Crippen LogP contribution in [-0.4, -0.2) is 23.9 Å². The predicted molar refractivity (Wildman–Crippen MR) is 227 cm³/mol. The number of benzene rings is 4. The van der Waals surface area contributed by atoms with Gasteiger partial charge in [0.25, 0.3) is 0 Å². The predicted octanol–water partition coefficient (Wildman–Crippen LogP) is 12.4. The molecule has 4 aromatic carbocycles. The molecule has 5 aromatic heterocycles. The van der Waals surface area contributed by atoms with Gasteiger partial charge in [-0.25, -0.2) is 4.98 Å². The summed E-state index contributed by atoms with van der Waals surface area (Å²) in [4.78, 5) is 15.3. The largest absolute Gasteiger partial charge is 2.00 e. The normalized spacial score (nSPS) is 17.7. The third-order valence-electron chi connectivity index (χ3n) is 12.8. The van der Waals surface area contributed by atoms with Gasteiger partial charge in [0, 0.05) is 17.6 Å². The molecule has 7 nitrogen and oxygen atoms in total. The third kappa shape index (κ3) is 6.08. The SMILES string of the molecule is Cc1c[c-]c(-n2c3nc(Oc4[c-]c(-c5cc6c(cn5)CC(C5CC(C)(C)CC(C)(C)C5)C6)cc5c4oc4ccccc45)ccc3n3c4ccccc4nc23)cc1C.[Pt+2]. The van der Waals surface area contributed by atoms with E-state index in [1.165, 1.54) is 41.5 Å². The van der Waals surface area contributed by atoms with Crippen LogP contribution in [0, 0.1) is 48.6 Å². The van der Waals surface area contributed by atoms with Crippen LogP contribution < -0.4 is 4.74 Å². The Labute approximate surface area is 352 Å². The van der Waals surface area contributed by atoms with Gasteiger partial charge in [0.05, 0.1) is 27.9 Å². The van der Waals surface area contributed by atoms with Crippen molar-refractivity contribution in [1.29, 1.82) is 0 Å². The molecule has 5 heterocycles. The number of rotatable bonds is 5. The zero-order valence-corrected chi connectivity index (χ0v) is 36.0. The standard InChI is InChI=1S/C50H45N5O2.Pt/c1-29-15-16-36(19-30(29)2)54-47-42(55-41-13-9-8-12-39(41)52-48(54)55)17-18-45(53-47)56-44-24-33(22-38-37-11-7-10-14-43(37)57-46(38)44)40-23-32-20-31(21-34(32)27-51-40)35-25-49(3,4)28-50(5,6)26-35;/h7-15,17-19,22-23,27,31,35H,20-21,25-26,28H2,1-6H3;/q-2;+2. The topological polar surface area (TPSA) is 70.4 Å². The van der Waals surface area contributed by atoms with Crippen LogP contribution in [0.15, 0.2) is 95.5 Å². The average Bonchev–Trinajstić information content (AvgIpc) is 3.94. The summed E-state index contributed by atoms with van der Waals surface area (Å²) in [7, 11) is 0. The molecule has 2 aliphatic rings. The van der Waals surface area contributed by atoms with E-state index in [9.17, 15) is 0 Å². The number of aryl methyl sites for hydroxylation is 2. The first-order valence-corrected chi connectivity index (χ1v) is 20.3. The van der Waals surface area contributed by atoms with Crippen molar-refractivity contribution in [3.05, 3.63) is 126 Å². The van der Waals surface area contributed by atoms with Crippen molar-refractivity contribution < 1.29 is 30.2 Å². The van der Waals surface area contributed by atoms with Crippen molar-refractivity contribution in [2.45, 2.75) is 73.6 Å². The second kappa shape index (κ2) is 13.4. The fraction of sp³-hybridized carbons (Fsp3) is 0.300. The van der Waals surface area contributed by atoms with Gasteiger partial charge in [-0.3, -0.25) is 8.97 Å². The molecule has 2 aliphatic carbocycles. The molecule has 0 amide bonds. The van der Waals surface area contributed by atoms with Crippen LogP contribution in [0.4, 0.5) is 0 Å². The molecule has 1 atom stereocenters. The van der Waals surface area contributed by atoms with E-state index >= 15 is 0 Å². The number of fused-ring (bicyclic) bond motifs is 9. The summed E-state index contributed by atoms with van der Waals surface area (Å²) in [6.07, 6.45) is 8.21. The summed E-state index contributed by atoms with van der Waals surface area (Å²) in [6, 6.07) is 36.0. The van der Waals surface area contributed by atoms with Gasteiger partial charge in [0.15, 0.2) is 5.65 Å². The molecule has 0 bridgehead atoms. The first-order chi connectivity index (χ1) is 27.5. The van der Waals surface area contributed by atoms with Crippen molar-refractivity contribution in [1.82, 2.24) is 23.9 Å². The number of furan rings is 1. The maximum Gasteiger partial charge on any atom is 2.00 e. The fourth-order valence-corrected chi connectivity index (χ4v) is 10.7. The maximum atomic E-state index is 6.77. The van der Waals surface area contributed by atoms with Crippen LogP contribution >= 0.6 is 0 Å². The molecule has 1 unspecified atom stereocenters. The van der Waals surface area contributed by atoms with Crippen LogP contribution in [0.25, 0.3) is 66.9 Å². The van der Waals surface area contributed by atoms with E-state index in [0.29, 0.717) is 34.0 Å². The maximum absolute atomic E-state index is 6.77. The Morgan fingerprint density at radius 1 is 0.793 bits per heavy atom. The minimum atomic E-state index is 0. The van der Waals surface area contributed by atoms with Gasteiger partial charge in [-0.05, 0) is 90.3 Å². The molecule has 0 spiro atoms. The van der Waals surface area contributed by atoms with Gasteiger partial charge in [-0.1, -0.05) is 101 Å². The van der Waals surface area contributed by atoms with E-state index in [-0.39, 0.29) is 21.1 Å². The molecular formula is C50H45N5O2Pt. The van der Waals surface area contributed by atoms with Gasteiger partial charge in [-0.2, -0.15) is 28.2 Å². The number of para-hydroxylation sites is 3. The molecule has 9 aromatic rings. The van der Waals surface area contributed by atoms with E-state index in [1.54, 1.807) is 0 Å². The fourth-order valence-electron chi connectivity index (χ4n) is 10.7. The molecule has 0 N–H and O–H groups in total. The number of ether oxygens (including phenoxy) is 1. The molecule has 58 heavy (non-hydrogen) atoms. The molecule has 1 fully saturated rings. The second-order valence-corrected chi connectivity index (χ2v) is 18.4. The Morgan fingerprint density at radius 2 is 1.57 bits per heavy atom. The van der Waals surface area contributed by atoms with Gasteiger partial charge >= 0.3 is 21.1 Å². The number of hydrogen-bond donors (Lipinski definition) is 0. The first kappa shape index (κ1) is 37.0. The summed E-state index contributed by atoms with van der Waals surface area (Å²) in [5.41, 5.74) is 13.5.